The monoisotopic (exact) mass is 694 g/mol. The maximum Gasteiger partial charge on any atom is 0.0138 e. The van der Waals surface area contributed by atoms with E-state index < -0.39 is 7.92 Å². The third-order valence-corrected chi connectivity index (χ3v) is 14.7. The van der Waals surface area contributed by atoms with Crippen LogP contribution in [0.15, 0.2) is 84.9 Å². The molecule has 0 spiro atoms. The first-order valence-electron chi connectivity index (χ1n) is 17.6. The maximum atomic E-state index is 2.58. The second-order valence-corrected chi connectivity index (χ2v) is 23.4. The predicted molar refractivity (Wildman–Crippen MR) is 222 cm³/mol. The second kappa shape index (κ2) is 14.3. The molecule has 256 valence electrons. The van der Waals surface area contributed by atoms with Gasteiger partial charge in [0.2, 0.25) is 0 Å². The van der Waals surface area contributed by atoms with Gasteiger partial charge in [-0.3, -0.25) is 0 Å². The van der Waals surface area contributed by atoms with Gasteiger partial charge in [-0.25, -0.2) is 0 Å². The molecule has 0 unspecified atom stereocenters. The van der Waals surface area contributed by atoms with Crippen LogP contribution in [-0.2, 0) is 33.2 Å². The van der Waals surface area contributed by atoms with Gasteiger partial charge in [0.15, 0.2) is 0 Å². The topological polar surface area (TPSA) is 0 Å². The third kappa shape index (κ3) is 9.37. The molecule has 0 amide bonds. The largest absolute Gasteiger partial charge is 0.0622 e. The van der Waals surface area contributed by atoms with Gasteiger partial charge in [-0.05, 0) is 94.7 Å². The van der Waals surface area contributed by atoms with Crippen molar-refractivity contribution in [2.45, 2.75) is 137 Å². The molecule has 48 heavy (non-hydrogen) atoms. The van der Waals surface area contributed by atoms with Crippen LogP contribution in [-0.4, -0.2) is 0 Å². The normalized spacial score (nSPS) is 13.5. The van der Waals surface area contributed by atoms with Crippen LogP contribution in [0.4, 0.5) is 0 Å². The Morgan fingerprint density at radius 2 is 0.750 bits per heavy atom. The predicted octanol–water partition coefficient (Wildman–Crippen LogP) is 12.6. The maximum absolute atomic E-state index is 2.58. The second-order valence-electron chi connectivity index (χ2n) is 18.7. The van der Waals surface area contributed by atoms with Crippen LogP contribution in [0.3, 0.4) is 0 Å². The fraction of sp³-hybridized carbons (Fsp3) is 0.467. The summed E-state index contributed by atoms with van der Waals surface area (Å²) in [4.78, 5) is 0. The molecule has 0 atom stereocenters. The Morgan fingerprint density at radius 3 is 1.10 bits per heavy atom. The van der Waals surface area contributed by atoms with E-state index in [0.29, 0.717) is 0 Å². The number of hydrogen-bond donors (Lipinski definition) is 0. The van der Waals surface area contributed by atoms with E-state index in [1.807, 2.05) is 0 Å². The van der Waals surface area contributed by atoms with E-state index in [2.05, 4.69) is 189 Å². The third-order valence-electron chi connectivity index (χ3n) is 9.17. The number of hydrogen-bond acceptors (Lipinski definition) is 0. The molecule has 0 aliphatic carbocycles. The fourth-order valence-corrected chi connectivity index (χ4v) is 12.5. The standard InChI is InChI=1S/C45H61P3/c1-41(2,3)32-26-31(30-48(34-22-18-16-19-23-34)35-24-20-17-21-25-35)39(36(27-32)43(7,8)9)46-47-40-37(44(10,11)12)28-33(42(4,5)6)29-38(40)45(13,14)15/h16-29H,30H2,1-15H3. The van der Waals surface area contributed by atoms with Gasteiger partial charge >= 0.3 is 0 Å². The molecule has 0 radical (unpaired) electrons. The Morgan fingerprint density at radius 1 is 0.417 bits per heavy atom. The van der Waals surface area contributed by atoms with Crippen molar-refractivity contribution in [2.75, 3.05) is 0 Å². The van der Waals surface area contributed by atoms with Gasteiger partial charge in [0.1, 0.15) is 0 Å². The Bertz CT molecular complexity index is 1650. The van der Waals surface area contributed by atoms with Crippen molar-refractivity contribution >= 4 is 44.9 Å². The molecule has 0 bridgehead atoms. The lowest BCUT2D eigenvalue weighted by Crippen LogP contribution is -2.29. The summed E-state index contributed by atoms with van der Waals surface area (Å²) >= 11 is 0. The summed E-state index contributed by atoms with van der Waals surface area (Å²) in [7, 11) is 2.15. The van der Waals surface area contributed by atoms with Crippen molar-refractivity contribution in [3.63, 3.8) is 0 Å². The number of benzene rings is 4. The quantitative estimate of drug-likeness (QED) is 0.176. The summed E-state index contributed by atoms with van der Waals surface area (Å²) in [6, 6.07) is 32.7. The minimum absolute atomic E-state index is 0.0198. The zero-order chi connectivity index (χ0) is 35.9. The van der Waals surface area contributed by atoms with Crippen LogP contribution in [0.1, 0.15) is 137 Å². The molecule has 0 nitrogen and oxygen atoms in total. The van der Waals surface area contributed by atoms with Gasteiger partial charge in [-0.2, -0.15) is 0 Å². The highest BCUT2D eigenvalue weighted by Gasteiger charge is 2.30. The molecule has 4 rings (SSSR count). The molecule has 0 aliphatic heterocycles. The summed E-state index contributed by atoms with van der Waals surface area (Å²) in [5.41, 5.74) is 9.14. The number of rotatable bonds is 6. The van der Waals surface area contributed by atoms with Gasteiger partial charge in [0, 0.05) is 16.8 Å². The summed E-state index contributed by atoms with van der Waals surface area (Å²) in [5, 5.41) is 5.93. The van der Waals surface area contributed by atoms with Crippen LogP contribution >= 0.6 is 23.7 Å². The van der Waals surface area contributed by atoms with Crippen molar-refractivity contribution in [1.82, 2.24) is 0 Å². The van der Waals surface area contributed by atoms with Crippen molar-refractivity contribution in [1.29, 1.82) is 0 Å². The fourth-order valence-electron chi connectivity index (χ4n) is 6.07. The Hall–Kier alpha value is -2.09. The Balaban J connectivity index is 2.07. The van der Waals surface area contributed by atoms with Crippen LogP contribution in [0.2, 0.25) is 0 Å². The highest BCUT2D eigenvalue weighted by atomic mass is 31.7. The van der Waals surface area contributed by atoms with Gasteiger partial charge in [0.05, 0.1) is 0 Å². The highest BCUT2D eigenvalue weighted by molar-refractivity contribution is 7.91. The SMILES string of the molecule is CC(C)(C)c1cc(CP(c2ccccc2)c2ccccc2)c(P=Pc2c(C(C)(C)C)cc(C(C)(C)C)cc2C(C)(C)C)c(C(C)(C)C)c1. The van der Waals surface area contributed by atoms with Crippen LogP contribution in [0.5, 0.6) is 0 Å². The first kappa shape index (κ1) is 38.7. The Labute approximate surface area is 299 Å². The minimum Gasteiger partial charge on any atom is -0.0622 e. The minimum atomic E-state index is -0.579. The van der Waals surface area contributed by atoms with Crippen molar-refractivity contribution in [3.05, 3.63) is 118 Å². The molecule has 0 saturated carbocycles. The van der Waals surface area contributed by atoms with Crippen molar-refractivity contribution in [3.8, 4) is 0 Å². The average molecular weight is 695 g/mol. The molecule has 0 saturated heterocycles. The van der Waals surface area contributed by atoms with E-state index in [1.54, 1.807) is 0 Å². The summed E-state index contributed by atoms with van der Waals surface area (Å²) < 4.78 is 0. The van der Waals surface area contributed by atoms with Crippen LogP contribution < -0.4 is 21.2 Å². The van der Waals surface area contributed by atoms with Gasteiger partial charge < -0.3 is 0 Å². The zero-order valence-electron chi connectivity index (χ0n) is 32.6. The van der Waals surface area contributed by atoms with E-state index in [-0.39, 0.29) is 27.1 Å². The molecule has 4 aromatic rings. The van der Waals surface area contributed by atoms with Crippen molar-refractivity contribution in [2.24, 2.45) is 0 Å². The van der Waals surface area contributed by atoms with Crippen LogP contribution in [0, 0.1) is 0 Å². The van der Waals surface area contributed by atoms with Gasteiger partial charge in [0.25, 0.3) is 0 Å². The molecular formula is C45H61P3. The first-order valence-corrected chi connectivity index (χ1v) is 21.7. The zero-order valence-corrected chi connectivity index (χ0v) is 35.3. The summed E-state index contributed by atoms with van der Waals surface area (Å²) in [5.74, 6) is 0. The van der Waals surface area contributed by atoms with E-state index in [9.17, 15) is 0 Å². The molecule has 0 aromatic heterocycles. The van der Waals surface area contributed by atoms with E-state index in [1.165, 1.54) is 70.3 Å². The van der Waals surface area contributed by atoms with Crippen molar-refractivity contribution < 1.29 is 0 Å². The van der Waals surface area contributed by atoms with E-state index in [4.69, 9.17) is 0 Å². The molecule has 0 N–H and O–H groups in total. The average Bonchev–Trinajstić information content (AvgIpc) is 2.96. The lowest BCUT2D eigenvalue weighted by atomic mass is 9.75. The molecule has 3 heteroatoms. The smallest absolute Gasteiger partial charge is 0.0138 e. The van der Waals surface area contributed by atoms with E-state index in [0.717, 1.165) is 6.16 Å². The highest BCUT2D eigenvalue weighted by Crippen LogP contribution is 2.43. The Kier molecular flexibility index (Phi) is 11.5. The first-order chi connectivity index (χ1) is 22.0. The van der Waals surface area contributed by atoms with Crippen LogP contribution in [0.25, 0.3) is 0 Å². The lowest BCUT2D eigenvalue weighted by Gasteiger charge is -2.32. The van der Waals surface area contributed by atoms with Gasteiger partial charge in [-0.15, -0.1) is 0 Å². The summed E-state index contributed by atoms with van der Waals surface area (Å²) in [6.07, 6.45) is 1.04. The molecule has 4 aromatic carbocycles. The molecule has 0 aliphatic rings. The van der Waals surface area contributed by atoms with E-state index >= 15 is 0 Å². The lowest BCUT2D eigenvalue weighted by molar-refractivity contribution is 0.554. The van der Waals surface area contributed by atoms with Gasteiger partial charge in [-0.1, -0.05) is 189 Å². The molecule has 0 fully saturated rings. The molecule has 0 heterocycles. The summed E-state index contributed by atoms with van der Waals surface area (Å²) in [6.45, 7) is 35.8. The molecular weight excluding hydrogens is 633 g/mol.